The van der Waals surface area contributed by atoms with E-state index in [1.165, 1.54) is 0 Å². The van der Waals surface area contributed by atoms with Crippen LogP contribution in [0.25, 0.3) is 22.3 Å². The van der Waals surface area contributed by atoms with E-state index >= 15 is 0 Å². The third-order valence-corrected chi connectivity index (χ3v) is 7.39. The van der Waals surface area contributed by atoms with Gasteiger partial charge in [0.25, 0.3) is 0 Å². The average Bonchev–Trinajstić information content (AvgIpc) is 3.37. The Hall–Kier alpha value is -3.49. The monoisotopic (exact) mass is 460 g/mol. The summed E-state index contributed by atoms with van der Waals surface area (Å²) >= 11 is 0. The van der Waals surface area contributed by atoms with Crippen molar-refractivity contribution in [3.63, 3.8) is 0 Å². The number of carbonyl (C=O) groups is 2. The van der Waals surface area contributed by atoms with Crippen molar-refractivity contribution in [2.75, 3.05) is 18.5 Å². The molecule has 0 aromatic carbocycles. The van der Waals surface area contributed by atoms with Gasteiger partial charge in [0.15, 0.2) is 0 Å². The predicted octanol–water partition coefficient (Wildman–Crippen LogP) is 2.99. The number of hydrogen-bond acceptors (Lipinski definition) is 6. The normalized spacial score (nSPS) is 22.2. The maximum absolute atomic E-state index is 12.7. The molecule has 34 heavy (non-hydrogen) atoms. The Morgan fingerprint density at radius 3 is 2.71 bits per heavy atom. The summed E-state index contributed by atoms with van der Waals surface area (Å²) in [6, 6.07) is 4.35. The van der Waals surface area contributed by atoms with Crippen LogP contribution >= 0.6 is 0 Å². The predicted molar refractivity (Wildman–Crippen MR) is 127 cm³/mol. The number of pyridine rings is 2. The van der Waals surface area contributed by atoms with Gasteiger partial charge in [0, 0.05) is 43.7 Å². The van der Waals surface area contributed by atoms with Crippen LogP contribution in [-0.4, -0.2) is 51.0 Å². The van der Waals surface area contributed by atoms with Gasteiger partial charge in [-0.3, -0.25) is 14.6 Å². The number of likely N-dealkylation sites (N-methyl/N-ethyl adjacent to an activating group) is 1. The molecular formula is C25H28N6O3. The van der Waals surface area contributed by atoms with Gasteiger partial charge >= 0.3 is 0 Å². The van der Waals surface area contributed by atoms with Crippen LogP contribution in [-0.2, 0) is 15.0 Å². The number of imidazole rings is 1. The zero-order chi connectivity index (χ0) is 23.8. The van der Waals surface area contributed by atoms with Crippen LogP contribution in [0.5, 0.6) is 5.88 Å². The topological polar surface area (TPSA) is 102 Å². The summed E-state index contributed by atoms with van der Waals surface area (Å²) in [5.74, 6) is 0.695. The summed E-state index contributed by atoms with van der Waals surface area (Å²) in [5.41, 5.74) is 4.10. The molecule has 2 atom stereocenters. The Balaban J connectivity index is 1.43. The minimum Gasteiger partial charge on any atom is -0.473 e. The zero-order valence-corrected chi connectivity index (χ0v) is 19.8. The highest BCUT2D eigenvalue weighted by Crippen LogP contribution is 2.43. The molecule has 2 fully saturated rings. The zero-order valence-electron chi connectivity index (χ0n) is 19.8. The molecule has 2 amide bonds. The molecule has 6 rings (SSSR count). The molecule has 3 aromatic heterocycles. The number of aromatic nitrogens is 4. The first-order valence-electron chi connectivity index (χ1n) is 11.8. The molecule has 0 bridgehead atoms. The van der Waals surface area contributed by atoms with E-state index in [4.69, 9.17) is 9.72 Å². The van der Waals surface area contributed by atoms with E-state index in [2.05, 4.69) is 19.9 Å². The summed E-state index contributed by atoms with van der Waals surface area (Å²) in [4.78, 5) is 40.3. The molecule has 5 heterocycles. The number of fused-ring (bicyclic) bond motifs is 2. The molecule has 9 nitrogen and oxygen atoms in total. The second-order valence-corrected chi connectivity index (χ2v) is 10.2. The molecule has 3 aromatic rings. The third kappa shape index (κ3) is 3.17. The van der Waals surface area contributed by atoms with Gasteiger partial charge in [0.2, 0.25) is 17.7 Å². The molecule has 9 heteroatoms. The molecule has 1 N–H and O–H groups in total. The van der Waals surface area contributed by atoms with Crippen LogP contribution in [0.4, 0.5) is 5.69 Å². The highest BCUT2D eigenvalue weighted by atomic mass is 16.5. The lowest BCUT2D eigenvalue weighted by Gasteiger charge is -2.20. The molecule has 3 aliphatic rings. The lowest BCUT2D eigenvalue weighted by Crippen LogP contribution is -2.33. The third-order valence-electron chi connectivity index (χ3n) is 7.39. The van der Waals surface area contributed by atoms with E-state index in [-0.39, 0.29) is 23.8 Å². The lowest BCUT2D eigenvalue weighted by atomic mass is 9.90. The second-order valence-electron chi connectivity index (χ2n) is 10.2. The summed E-state index contributed by atoms with van der Waals surface area (Å²) in [6.07, 6.45) is 6.14. The van der Waals surface area contributed by atoms with Gasteiger partial charge in [-0.15, -0.1) is 0 Å². The molecule has 1 aliphatic carbocycles. The number of nitrogens with one attached hydrogen (secondary N) is 1. The van der Waals surface area contributed by atoms with E-state index in [0.29, 0.717) is 30.6 Å². The number of ether oxygens (including phenoxy) is 1. The van der Waals surface area contributed by atoms with E-state index < -0.39 is 5.41 Å². The number of rotatable bonds is 5. The SMILES string of the molecule is C[C@@H](Oc1nc(-c2cnc3c(c2)N(C)C(=O)C3(C)C)cc2ncn(C3CC3)c12)C1CNC(=O)C1. The van der Waals surface area contributed by atoms with Crippen molar-refractivity contribution < 1.29 is 14.3 Å². The van der Waals surface area contributed by atoms with E-state index in [1.807, 2.05) is 39.2 Å². The summed E-state index contributed by atoms with van der Waals surface area (Å²) in [7, 11) is 1.78. The van der Waals surface area contributed by atoms with Crippen molar-refractivity contribution in [3.8, 4) is 17.1 Å². The maximum atomic E-state index is 12.7. The summed E-state index contributed by atoms with van der Waals surface area (Å²) < 4.78 is 8.57. The maximum Gasteiger partial charge on any atom is 0.241 e. The van der Waals surface area contributed by atoms with Gasteiger partial charge in [-0.25, -0.2) is 9.97 Å². The van der Waals surface area contributed by atoms with Crippen molar-refractivity contribution in [1.82, 2.24) is 24.8 Å². The number of hydrogen-bond donors (Lipinski definition) is 1. The van der Waals surface area contributed by atoms with Gasteiger partial charge in [0.1, 0.15) is 11.6 Å². The Morgan fingerprint density at radius 2 is 2.00 bits per heavy atom. The second kappa shape index (κ2) is 7.25. The standard InChI is InChI=1S/C25H28N6O3/c1-13(14-8-20(32)26-10-14)34-23-21-18(28-12-31(21)16-5-6-16)9-17(29-23)15-7-19-22(27-11-15)25(2,3)24(33)30(19)4/h7,9,11-14,16H,5-6,8,10H2,1-4H3,(H,26,32)/t13-,14?/m1/s1. The molecule has 2 aliphatic heterocycles. The lowest BCUT2D eigenvalue weighted by molar-refractivity contribution is -0.122. The van der Waals surface area contributed by atoms with Gasteiger partial charge < -0.3 is 19.5 Å². The van der Waals surface area contributed by atoms with Crippen LogP contribution in [0.1, 0.15) is 51.8 Å². The minimum atomic E-state index is -0.653. The Morgan fingerprint density at radius 1 is 1.21 bits per heavy atom. The van der Waals surface area contributed by atoms with Gasteiger partial charge in [0.05, 0.1) is 34.3 Å². The van der Waals surface area contributed by atoms with Gasteiger partial charge in [-0.05, 0) is 45.7 Å². The van der Waals surface area contributed by atoms with E-state index in [1.54, 1.807) is 18.1 Å². The summed E-state index contributed by atoms with van der Waals surface area (Å²) in [6.45, 7) is 6.39. The van der Waals surface area contributed by atoms with Crippen LogP contribution < -0.4 is 15.0 Å². The fraction of sp³-hybridized carbons (Fsp3) is 0.480. The number of nitrogens with zero attached hydrogens (tertiary/aromatic N) is 5. The first kappa shape index (κ1) is 21.1. The minimum absolute atomic E-state index is 0.0244. The highest BCUT2D eigenvalue weighted by molar-refractivity contribution is 6.07. The molecule has 1 saturated carbocycles. The van der Waals surface area contributed by atoms with Crippen LogP contribution in [0.3, 0.4) is 0 Å². The molecule has 0 spiro atoms. The molecule has 1 unspecified atom stereocenters. The Labute approximate surface area is 197 Å². The van der Waals surface area contributed by atoms with E-state index in [0.717, 1.165) is 40.8 Å². The first-order chi connectivity index (χ1) is 16.2. The van der Waals surface area contributed by atoms with Gasteiger partial charge in [-0.1, -0.05) is 0 Å². The Kier molecular flexibility index (Phi) is 4.49. The quantitative estimate of drug-likeness (QED) is 0.628. The number of carbonyl (C=O) groups excluding carboxylic acids is 2. The first-order valence-corrected chi connectivity index (χ1v) is 11.8. The average molecular weight is 461 g/mol. The smallest absolute Gasteiger partial charge is 0.241 e. The molecule has 1 saturated heterocycles. The van der Waals surface area contributed by atoms with E-state index in [9.17, 15) is 9.59 Å². The van der Waals surface area contributed by atoms with Crippen LogP contribution in [0.2, 0.25) is 0 Å². The molecular weight excluding hydrogens is 432 g/mol. The van der Waals surface area contributed by atoms with Crippen molar-refractivity contribution in [2.45, 2.75) is 57.6 Å². The van der Waals surface area contributed by atoms with Gasteiger partial charge in [-0.2, -0.15) is 0 Å². The van der Waals surface area contributed by atoms with Crippen molar-refractivity contribution >= 4 is 28.5 Å². The van der Waals surface area contributed by atoms with Crippen LogP contribution in [0, 0.1) is 5.92 Å². The van der Waals surface area contributed by atoms with Crippen molar-refractivity contribution in [3.05, 3.63) is 30.4 Å². The molecule has 0 radical (unpaired) electrons. The molecule has 176 valence electrons. The largest absolute Gasteiger partial charge is 0.473 e. The fourth-order valence-electron chi connectivity index (χ4n) is 5.08. The number of amides is 2. The van der Waals surface area contributed by atoms with Crippen molar-refractivity contribution in [2.24, 2.45) is 5.92 Å². The number of anilines is 1. The Bertz CT molecular complexity index is 1340. The fourth-order valence-corrected chi connectivity index (χ4v) is 5.08. The summed E-state index contributed by atoms with van der Waals surface area (Å²) in [5, 5.41) is 2.89. The highest BCUT2D eigenvalue weighted by Gasteiger charge is 2.44. The van der Waals surface area contributed by atoms with Crippen LogP contribution in [0.15, 0.2) is 24.7 Å². The van der Waals surface area contributed by atoms with Crippen molar-refractivity contribution in [1.29, 1.82) is 0 Å².